The van der Waals surface area contributed by atoms with Gasteiger partial charge in [-0.15, -0.1) is 0 Å². The molecular formula is C11H26O3Si4. The summed E-state index contributed by atoms with van der Waals surface area (Å²) in [5.41, 5.74) is 0. The van der Waals surface area contributed by atoms with E-state index in [2.05, 4.69) is 20.0 Å². The Morgan fingerprint density at radius 3 is 3.00 bits per heavy atom. The van der Waals surface area contributed by atoms with Gasteiger partial charge in [-0.1, -0.05) is 45.2 Å². The Morgan fingerprint density at radius 1 is 1.56 bits per heavy atom. The molecule has 3 nitrogen and oxygen atoms in total. The highest BCUT2D eigenvalue weighted by atomic mass is 29.8. The topological polar surface area (TPSA) is 35.5 Å². The number of hydrogen-bond acceptors (Lipinski definition) is 3. The SMILES string of the molecule is C=CC(=O)O[Si]1(C)CO[SiH2][SiH2][SiH]1CCCCCC. The zero-order chi connectivity index (χ0) is 13.4. The van der Waals surface area contributed by atoms with Crippen molar-refractivity contribution >= 4 is 39.5 Å². The van der Waals surface area contributed by atoms with Gasteiger partial charge in [-0.05, 0) is 6.55 Å². The highest BCUT2D eigenvalue weighted by molar-refractivity contribution is 7.60. The lowest BCUT2D eigenvalue weighted by molar-refractivity contribution is -0.129. The molecule has 104 valence electrons. The maximum absolute atomic E-state index is 11.5. The van der Waals surface area contributed by atoms with E-state index in [0.717, 1.165) is 6.23 Å². The lowest BCUT2D eigenvalue weighted by Gasteiger charge is -2.37. The van der Waals surface area contributed by atoms with Crippen molar-refractivity contribution < 1.29 is 13.6 Å². The standard InChI is InChI=1S/C11H26O3Si4/c1-4-6-7-8-9-17-16-15-13-10-18(17,3)14-11(12)5-2/h5,17H,2,4,6-10,15-16H2,1,3H3. The van der Waals surface area contributed by atoms with Gasteiger partial charge in [-0.3, -0.25) is 0 Å². The Kier molecular flexibility index (Phi) is 7.38. The molecule has 0 aliphatic carbocycles. The molecule has 1 fully saturated rings. The average molecular weight is 319 g/mol. The van der Waals surface area contributed by atoms with Crippen molar-refractivity contribution in [3.8, 4) is 0 Å². The van der Waals surface area contributed by atoms with E-state index in [1.165, 1.54) is 37.8 Å². The van der Waals surface area contributed by atoms with Gasteiger partial charge in [-0.2, -0.15) is 0 Å². The predicted octanol–water partition coefficient (Wildman–Crippen LogP) is 0.410. The van der Waals surface area contributed by atoms with Crippen LogP contribution in [-0.2, 0) is 13.6 Å². The molecule has 0 radical (unpaired) electrons. The third-order valence-electron chi connectivity index (χ3n) is 3.77. The van der Waals surface area contributed by atoms with Crippen molar-refractivity contribution in [3.05, 3.63) is 12.7 Å². The Bertz CT molecular complexity index is 287. The molecule has 0 spiro atoms. The lowest BCUT2D eigenvalue weighted by Crippen LogP contribution is -2.64. The summed E-state index contributed by atoms with van der Waals surface area (Å²) in [7, 11) is -2.69. The average Bonchev–Trinajstić information content (AvgIpc) is 2.36. The molecule has 1 heterocycles. The van der Waals surface area contributed by atoms with Gasteiger partial charge < -0.3 is 8.85 Å². The van der Waals surface area contributed by atoms with E-state index in [1.54, 1.807) is 0 Å². The van der Waals surface area contributed by atoms with Gasteiger partial charge in [0.15, 0.2) is 0 Å². The molecule has 1 aliphatic rings. The van der Waals surface area contributed by atoms with E-state index >= 15 is 0 Å². The Morgan fingerprint density at radius 2 is 2.33 bits per heavy atom. The number of carbonyl (C=O) groups excluding carboxylic acids is 1. The van der Waals surface area contributed by atoms with Crippen molar-refractivity contribution in [2.75, 3.05) is 6.23 Å². The molecule has 0 N–H and O–H groups in total. The zero-order valence-corrected chi connectivity index (χ0v) is 16.7. The number of carbonyl (C=O) groups is 1. The van der Waals surface area contributed by atoms with Gasteiger partial charge in [0.2, 0.25) is 0 Å². The van der Waals surface area contributed by atoms with Gasteiger partial charge >= 0.3 is 5.97 Å². The molecule has 18 heavy (non-hydrogen) atoms. The first kappa shape index (κ1) is 16.1. The van der Waals surface area contributed by atoms with Crippen LogP contribution < -0.4 is 0 Å². The van der Waals surface area contributed by atoms with E-state index < -0.39 is 15.7 Å². The second-order valence-electron chi connectivity index (χ2n) is 5.33. The predicted molar refractivity (Wildman–Crippen MR) is 87.0 cm³/mol. The lowest BCUT2D eigenvalue weighted by atomic mass is 10.2. The summed E-state index contributed by atoms with van der Waals surface area (Å²) in [6.45, 7) is 8.00. The molecule has 1 aliphatic heterocycles. The van der Waals surface area contributed by atoms with Crippen molar-refractivity contribution in [2.24, 2.45) is 0 Å². The molecule has 0 aromatic rings. The maximum Gasteiger partial charge on any atom is 0.316 e. The Hall–Kier alpha value is 0.0375. The molecule has 0 aromatic carbocycles. The van der Waals surface area contributed by atoms with Crippen LogP contribution in [0.4, 0.5) is 0 Å². The highest BCUT2D eigenvalue weighted by Crippen LogP contribution is 2.19. The van der Waals surface area contributed by atoms with Crippen molar-refractivity contribution in [1.29, 1.82) is 0 Å². The summed E-state index contributed by atoms with van der Waals surface area (Å²) < 4.78 is 11.5. The molecule has 0 bridgehead atoms. The monoisotopic (exact) mass is 318 g/mol. The fraction of sp³-hybridized carbons (Fsp3) is 0.727. The summed E-state index contributed by atoms with van der Waals surface area (Å²) >= 11 is 0. The largest absolute Gasteiger partial charge is 0.518 e. The summed E-state index contributed by atoms with van der Waals surface area (Å²) in [4.78, 5) is 11.5. The molecule has 1 saturated heterocycles. The molecule has 0 saturated carbocycles. The summed E-state index contributed by atoms with van der Waals surface area (Å²) in [5.74, 6) is -0.212. The van der Waals surface area contributed by atoms with Crippen LogP contribution in [0, 0.1) is 0 Å². The van der Waals surface area contributed by atoms with Gasteiger partial charge in [0.05, 0.1) is 14.1 Å². The molecule has 1 rings (SSSR count). The minimum Gasteiger partial charge on any atom is -0.518 e. The third-order valence-corrected chi connectivity index (χ3v) is 45.6. The minimum absolute atomic E-state index is 0.0392. The van der Waals surface area contributed by atoms with Gasteiger partial charge in [0.25, 0.3) is 7.83 Å². The van der Waals surface area contributed by atoms with Crippen molar-refractivity contribution in [1.82, 2.24) is 0 Å². The van der Waals surface area contributed by atoms with Crippen LogP contribution in [0.3, 0.4) is 0 Å². The van der Waals surface area contributed by atoms with E-state index in [-0.39, 0.29) is 23.8 Å². The molecule has 7 heteroatoms. The molecule has 0 amide bonds. The quantitative estimate of drug-likeness (QED) is 0.387. The van der Waals surface area contributed by atoms with Crippen LogP contribution in [0.25, 0.3) is 0 Å². The normalized spacial score (nSPS) is 30.4. The van der Waals surface area contributed by atoms with Crippen LogP contribution in [0.15, 0.2) is 12.7 Å². The molecule has 2 unspecified atom stereocenters. The van der Waals surface area contributed by atoms with Gasteiger partial charge in [0.1, 0.15) is 9.28 Å². The Labute approximate surface area is 117 Å². The zero-order valence-electron chi connectivity index (χ0n) is 11.7. The van der Waals surface area contributed by atoms with E-state index in [0.29, 0.717) is 0 Å². The summed E-state index contributed by atoms with van der Waals surface area (Å²) in [6, 6.07) is 1.41. The second-order valence-corrected chi connectivity index (χ2v) is 31.5. The third kappa shape index (κ3) is 4.96. The van der Waals surface area contributed by atoms with Crippen LogP contribution in [-0.4, -0.2) is 45.7 Å². The van der Waals surface area contributed by atoms with E-state index in [1.807, 2.05) is 0 Å². The minimum atomic E-state index is -1.82. The first-order valence-corrected chi connectivity index (χ1v) is 20.1. The van der Waals surface area contributed by atoms with Crippen LogP contribution >= 0.6 is 0 Å². The first-order chi connectivity index (χ1) is 8.62. The smallest absolute Gasteiger partial charge is 0.316 e. The summed E-state index contributed by atoms with van der Waals surface area (Å²) in [6.07, 6.45) is 7.48. The van der Waals surface area contributed by atoms with E-state index in [9.17, 15) is 4.79 Å². The van der Waals surface area contributed by atoms with Crippen molar-refractivity contribution in [3.63, 3.8) is 0 Å². The van der Waals surface area contributed by atoms with Gasteiger partial charge in [-0.25, -0.2) is 4.79 Å². The van der Waals surface area contributed by atoms with Crippen LogP contribution in [0.1, 0.15) is 32.6 Å². The Balaban J connectivity index is 2.49. The molecule has 2 atom stereocenters. The van der Waals surface area contributed by atoms with Crippen molar-refractivity contribution in [2.45, 2.75) is 45.2 Å². The van der Waals surface area contributed by atoms with E-state index in [4.69, 9.17) is 8.85 Å². The van der Waals surface area contributed by atoms with Crippen LogP contribution in [0.2, 0.25) is 12.6 Å². The molecule has 0 aromatic heterocycles. The summed E-state index contributed by atoms with van der Waals surface area (Å²) in [5, 5.41) is 0. The highest BCUT2D eigenvalue weighted by Gasteiger charge is 2.44. The van der Waals surface area contributed by atoms with Gasteiger partial charge in [0, 0.05) is 14.6 Å². The molecular weight excluding hydrogens is 292 g/mol. The van der Waals surface area contributed by atoms with Crippen LogP contribution in [0.5, 0.6) is 0 Å². The fourth-order valence-corrected chi connectivity index (χ4v) is 53.4. The number of unbranched alkanes of at least 4 members (excludes halogenated alkanes) is 3. The fourth-order valence-electron chi connectivity index (χ4n) is 2.58. The first-order valence-electron chi connectivity index (χ1n) is 7.05. The maximum atomic E-state index is 11.5. The number of rotatable bonds is 7. The second kappa shape index (κ2) is 8.26. The number of hydrogen-bond donors (Lipinski definition) is 0.